The second-order valence-corrected chi connectivity index (χ2v) is 7.70. The number of amides is 1. The van der Waals surface area contributed by atoms with Crippen LogP contribution in [0.2, 0.25) is 10.0 Å². The van der Waals surface area contributed by atoms with E-state index in [2.05, 4.69) is 6.92 Å². The number of halogens is 2. The quantitative estimate of drug-likeness (QED) is 0.473. The van der Waals surface area contributed by atoms with Gasteiger partial charge >= 0.3 is 0 Å². The van der Waals surface area contributed by atoms with E-state index in [-0.39, 0.29) is 5.91 Å². The summed E-state index contributed by atoms with van der Waals surface area (Å²) in [6.45, 7) is 2.09. The Labute approximate surface area is 160 Å². The van der Waals surface area contributed by atoms with Gasteiger partial charge in [-0.05, 0) is 47.9 Å². The second-order valence-electron chi connectivity index (χ2n) is 5.21. The number of carbonyl (C=O) groups is 1. The van der Waals surface area contributed by atoms with Crippen LogP contribution in [0.1, 0.15) is 18.1 Å². The van der Waals surface area contributed by atoms with Crippen molar-refractivity contribution in [1.29, 1.82) is 0 Å². The van der Waals surface area contributed by atoms with Gasteiger partial charge in [0.25, 0.3) is 5.91 Å². The van der Waals surface area contributed by atoms with Crippen molar-refractivity contribution in [3.05, 3.63) is 68.5 Å². The zero-order valence-electron chi connectivity index (χ0n) is 12.8. The third kappa shape index (κ3) is 3.52. The summed E-state index contributed by atoms with van der Waals surface area (Å²) < 4.78 is 0.524. The molecule has 1 aliphatic heterocycles. The summed E-state index contributed by atoms with van der Waals surface area (Å²) in [5.74, 6) is -0.125. The fourth-order valence-corrected chi connectivity index (χ4v) is 3.93. The van der Waals surface area contributed by atoms with Crippen LogP contribution in [0.25, 0.3) is 6.08 Å². The molecule has 3 rings (SSSR count). The Morgan fingerprint density at radius 2 is 1.83 bits per heavy atom. The molecule has 0 unspecified atom stereocenters. The first kappa shape index (κ1) is 17.5. The van der Waals surface area contributed by atoms with Crippen LogP contribution >= 0.6 is 47.2 Å². The molecule has 1 heterocycles. The largest absolute Gasteiger partial charge is 0.270 e. The molecule has 24 heavy (non-hydrogen) atoms. The molecule has 0 bridgehead atoms. The standard InChI is InChI=1S/C18H13Cl2NOS2/c1-2-11-3-6-13(7-4-11)21-17(22)16(24-18(21)23)10-12-5-8-14(19)15(20)9-12/h3-10H,2H2,1H3/b16-10-. The van der Waals surface area contributed by atoms with Gasteiger partial charge < -0.3 is 0 Å². The molecule has 0 aromatic heterocycles. The lowest BCUT2D eigenvalue weighted by atomic mass is 10.1. The number of benzene rings is 2. The Balaban J connectivity index is 1.90. The molecule has 2 nitrogen and oxygen atoms in total. The van der Waals surface area contributed by atoms with Crippen molar-refractivity contribution in [1.82, 2.24) is 0 Å². The smallest absolute Gasteiger partial charge is 0.268 e. The highest BCUT2D eigenvalue weighted by molar-refractivity contribution is 8.27. The lowest BCUT2D eigenvalue weighted by Crippen LogP contribution is -2.27. The molecule has 1 amide bonds. The average molecular weight is 394 g/mol. The van der Waals surface area contributed by atoms with Crippen molar-refractivity contribution >= 4 is 69.2 Å². The molecule has 0 aliphatic carbocycles. The summed E-state index contributed by atoms with van der Waals surface area (Å²) in [6.07, 6.45) is 2.73. The van der Waals surface area contributed by atoms with Gasteiger partial charge in [0.15, 0.2) is 4.32 Å². The minimum atomic E-state index is -0.125. The van der Waals surface area contributed by atoms with Gasteiger partial charge in [-0.25, -0.2) is 0 Å². The fraction of sp³-hybridized carbons (Fsp3) is 0.111. The van der Waals surface area contributed by atoms with Crippen LogP contribution in [-0.4, -0.2) is 10.2 Å². The van der Waals surface area contributed by atoms with Crippen LogP contribution in [0, 0.1) is 0 Å². The van der Waals surface area contributed by atoms with E-state index in [1.54, 1.807) is 23.1 Å². The third-order valence-electron chi connectivity index (χ3n) is 3.64. The number of nitrogens with zero attached hydrogens (tertiary/aromatic N) is 1. The lowest BCUT2D eigenvalue weighted by Gasteiger charge is -2.14. The maximum absolute atomic E-state index is 12.7. The first-order valence-electron chi connectivity index (χ1n) is 7.31. The van der Waals surface area contributed by atoms with Crippen molar-refractivity contribution in [3.63, 3.8) is 0 Å². The van der Waals surface area contributed by atoms with Crippen molar-refractivity contribution < 1.29 is 4.79 Å². The summed E-state index contributed by atoms with van der Waals surface area (Å²) in [5.41, 5.74) is 2.81. The summed E-state index contributed by atoms with van der Waals surface area (Å²) in [7, 11) is 0. The normalized spacial score (nSPS) is 16.3. The van der Waals surface area contributed by atoms with Crippen LogP contribution in [0.4, 0.5) is 5.69 Å². The van der Waals surface area contributed by atoms with E-state index in [4.69, 9.17) is 35.4 Å². The molecule has 0 atom stereocenters. The first-order chi connectivity index (χ1) is 11.5. The van der Waals surface area contributed by atoms with Gasteiger partial charge in [-0.2, -0.15) is 0 Å². The number of carbonyl (C=O) groups excluding carboxylic acids is 1. The molecule has 1 saturated heterocycles. The summed E-state index contributed by atoms with van der Waals surface area (Å²) in [6, 6.07) is 13.1. The van der Waals surface area contributed by atoms with Gasteiger partial charge in [0.05, 0.1) is 20.6 Å². The molecule has 0 saturated carbocycles. The number of thioether (sulfide) groups is 1. The Kier molecular flexibility index (Phi) is 5.30. The number of hydrogen-bond donors (Lipinski definition) is 0. The summed E-state index contributed by atoms with van der Waals surface area (Å²) in [4.78, 5) is 14.8. The van der Waals surface area contributed by atoms with Gasteiger partial charge in [-0.3, -0.25) is 9.69 Å². The van der Waals surface area contributed by atoms with Crippen LogP contribution < -0.4 is 4.90 Å². The van der Waals surface area contributed by atoms with Gasteiger partial charge in [-0.1, -0.05) is 72.3 Å². The number of thiocarbonyl (C=S) groups is 1. The van der Waals surface area contributed by atoms with E-state index in [9.17, 15) is 4.79 Å². The van der Waals surface area contributed by atoms with Crippen LogP contribution in [0.15, 0.2) is 47.4 Å². The topological polar surface area (TPSA) is 20.3 Å². The van der Waals surface area contributed by atoms with Gasteiger partial charge in [-0.15, -0.1) is 0 Å². The van der Waals surface area contributed by atoms with Crippen molar-refractivity contribution in [2.24, 2.45) is 0 Å². The molecular formula is C18H13Cl2NOS2. The van der Waals surface area contributed by atoms with E-state index in [0.717, 1.165) is 17.7 Å². The molecular weight excluding hydrogens is 381 g/mol. The zero-order valence-corrected chi connectivity index (χ0v) is 15.9. The molecule has 0 spiro atoms. The predicted molar refractivity (Wildman–Crippen MR) is 108 cm³/mol. The second kappa shape index (κ2) is 7.28. The first-order valence-corrected chi connectivity index (χ1v) is 9.29. The van der Waals surface area contributed by atoms with E-state index < -0.39 is 0 Å². The zero-order chi connectivity index (χ0) is 17.3. The highest BCUT2D eigenvalue weighted by Gasteiger charge is 2.33. The lowest BCUT2D eigenvalue weighted by molar-refractivity contribution is -0.113. The number of hydrogen-bond acceptors (Lipinski definition) is 3. The van der Waals surface area contributed by atoms with Gasteiger partial charge in [0, 0.05) is 0 Å². The van der Waals surface area contributed by atoms with Gasteiger partial charge in [0.1, 0.15) is 0 Å². The molecule has 2 aromatic rings. The van der Waals surface area contributed by atoms with Crippen LogP contribution in [-0.2, 0) is 11.2 Å². The molecule has 1 fully saturated rings. The highest BCUT2D eigenvalue weighted by Crippen LogP contribution is 2.36. The number of aryl methyl sites for hydroxylation is 1. The minimum Gasteiger partial charge on any atom is -0.268 e. The Hall–Kier alpha value is -1.33. The SMILES string of the molecule is CCc1ccc(N2C(=O)/C(=C/c3ccc(Cl)c(Cl)c3)SC2=S)cc1. The van der Waals surface area contributed by atoms with E-state index in [0.29, 0.717) is 19.3 Å². The summed E-state index contributed by atoms with van der Waals surface area (Å²) >= 11 is 18.6. The van der Waals surface area contributed by atoms with E-state index in [1.165, 1.54) is 17.3 Å². The Morgan fingerprint density at radius 1 is 1.12 bits per heavy atom. The van der Waals surface area contributed by atoms with Crippen LogP contribution in [0.3, 0.4) is 0 Å². The fourth-order valence-electron chi connectivity index (χ4n) is 2.32. The maximum Gasteiger partial charge on any atom is 0.270 e. The van der Waals surface area contributed by atoms with E-state index >= 15 is 0 Å². The average Bonchev–Trinajstić information content (AvgIpc) is 2.85. The molecule has 0 N–H and O–H groups in total. The monoisotopic (exact) mass is 393 g/mol. The molecule has 0 radical (unpaired) electrons. The highest BCUT2D eigenvalue weighted by atomic mass is 35.5. The van der Waals surface area contributed by atoms with Crippen molar-refractivity contribution in [2.45, 2.75) is 13.3 Å². The van der Waals surface area contributed by atoms with E-state index in [1.807, 2.05) is 30.3 Å². The molecule has 1 aliphatic rings. The predicted octanol–water partition coefficient (Wildman–Crippen LogP) is 5.96. The Morgan fingerprint density at radius 3 is 2.46 bits per heavy atom. The summed E-state index contributed by atoms with van der Waals surface area (Å²) in [5, 5.41) is 0.938. The Bertz CT molecular complexity index is 847. The van der Waals surface area contributed by atoms with Crippen LogP contribution in [0.5, 0.6) is 0 Å². The molecule has 2 aromatic carbocycles. The maximum atomic E-state index is 12.7. The minimum absolute atomic E-state index is 0.125. The number of rotatable bonds is 3. The third-order valence-corrected chi connectivity index (χ3v) is 5.68. The van der Waals surface area contributed by atoms with Gasteiger partial charge in [0.2, 0.25) is 0 Å². The number of anilines is 1. The molecule has 122 valence electrons. The van der Waals surface area contributed by atoms with Crippen molar-refractivity contribution in [3.8, 4) is 0 Å². The van der Waals surface area contributed by atoms with Crippen molar-refractivity contribution in [2.75, 3.05) is 4.90 Å². The molecule has 6 heteroatoms.